The monoisotopic (exact) mass is 379 g/mol. The van der Waals surface area contributed by atoms with E-state index in [2.05, 4.69) is 4.98 Å². The van der Waals surface area contributed by atoms with Crippen LogP contribution in [0.1, 0.15) is 6.92 Å². The fourth-order valence-corrected chi connectivity index (χ4v) is 3.47. The van der Waals surface area contributed by atoms with E-state index in [4.69, 9.17) is 4.74 Å². The largest absolute Gasteiger partial charge is 0.483 e. The molecule has 0 saturated heterocycles. The molecule has 1 aromatic heterocycles. The van der Waals surface area contributed by atoms with Crippen LogP contribution in [0.15, 0.2) is 54.9 Å². The number of hydrogen-bond donors (Lipinski definition) is 0. The smallest absolute Gasteiger partial charge is 0.265 e. The lowest BCUT2D eigenvalue weighted by Gasteiger charge is -2.38. The number of carbonyl (C=O) groups is 2. The first-order valence-electron chi connectivity index (χ1n) is 8.82. The average Bonchev–Trinajstić information content (AvgIpc) is 2.71. The molecule has 0 radical (unpaired) electrons. The molecule has 2 aromatic carbocycles. The first kappa shape index (κ1) is 17.9. The van der Waals surface area contributed by atoms with Crippen molar-refractivity contribution >= 4 is 34.0 Å². The van der Waals surface area contributed by atoms with E-state index in [1.54, 1.807) is 32.4 Å². The Morgan fingerprint density at radius 2 is 2.04 bits per heavy atom. The van der Waals surface area contributed by atoms with Crippen molar-refractivity contribution in [3.05, 3.63) is 60.7 Å². The molecule has 0 spiro atoms. The van der Waals surface area contributed by atoms with Crippen LogP contribution < -0.4 is 14.5 Å². The summed E-state index contributed by atoms with van der Waals surface area (Å²) in [5, 5.41) is 1.74. The van der Waals surface area contributed by atoms with Crippen LogP contribution in [0.2, 0.25) is 0 Å². The van der Waals surface area contributed by atoms with Gasteiger partial charge in [0.2, 0.25) is 5.91 Å². The summed E-state index contributed by atoms with van der Waals surface area (Å²) in [6.45, 7) is 1.40. The Morgan fingerprint density at radius 3 is 2.86 bits per heavy atom. The first-order chi connectivity index (χ1) is 13.5. The number of hydrogen-bond acceptors (Lipinski definition) is 4. The van der Waals surface area contributed by atoms with Gasteiger partial charge in [-0.05, 0) is 37.3 Å². The molecule has 28 heavy (non-hydrogen) atoms. The Kier molecular flexibility index (Phi) is 4.43. The molecule has 7 heteroatoms. The third kappa shape index (κ3) is 2.94. The summed E-state index contributed by atoms with van der Waals surface area (Å²) < 4.78 is 19.4. The lowest BCUT2D eigenvalue weighted by Crippen LogP contribution is -2.54. The fourth-order valence-electron chi connectivity index (χ4n) is 3.47. The van der Waals surface area contributed by atoms with Gasteiger partial charge >= 0.3 is 0 Å². The summed E-state index contributed by atoms with van der Waals surface area (Å²) in [6.07, 6.45) is 3.37. The van der Waals surface area contributed by atoms with Gasteiger partial charge in [-0.2, -0.15) is 0 Å². The van der Waals surface area contributed by atoms with Crippen molar-refractivity contribution < 1.29 is 18.7 Å². The quantitative estimate of drug-likeness (QED) is 0.701. The Bertz CT molecular complexity index is 1080. The Labute approximate surface area is 161 Å². The maximum atomic E-state index is 13.7. The number of ether oxygens (including phenoxy) is 1. The summed E-state index contributed by atoms with van der Waals surface area (Å²) in [7, 11) is 1.57. The number of pyridine rings is 1. The van der Waals surface area contributed by atoms with Gasteiger partial charge in [-0.3, -0.25) is 19.5 Å². The minimum atomic E-state index is -0.712. The van der Waals surface area contributed by atoms with Gasteiger partial charge in [0.25, 0.3) is 5.91 Å². The number of nitrogens with zero attached hydrogens (tertiary/aromatic N) is 3. The molecule has 0 bridgehead atoms. The Morgan fingerprint density at radius 1 is 1.21 bits per heavy atom. The second-order valence-electron chi connectivity index (χ2n) is 6.61. The molecule has 0 saturated carbocycles. The molecule has 0 aliphatic carbocycles. The van der Waals surface area contributed by atoms with Crippen LogP contribution in [-0.2, 0) is 9.59 Å². The van der Waals surface area contributed by atoms with Gasteiger partial charge in [0.1, 0.15) is 17.6 Å². The van der Waals surface area contributed by atoms with Crippen molar-refractivity contribution in [2.75, 3.05) is 23.5 Å². The highest BCUT2D eigenvalue weighted by Gasteiger charge is 2.37. The van der Waals surface area contributed by atoms with Crippen molar-refractivity contribution in [3.8, 4) is 5.75 Å². The number of carbonyl (C=O) groups excluding carboxylic acids is 2. The fraction of sp³-hybridized carbons (Fsp3) is 0.190. The maximum Gasteiger partial charge on any atom is 0.265 e. The number of rotatable bonds is 3. The molecule has 1 unspecified atom stereocenters. The van der Waals surface area contributed by atoms with E-state index in [0.717, 1.165) is 10.8 Å². The topological polar surface area (TPSA) is 62.7 Å². The number of amides is 2. The third-order valence-electron chi connectivity index (χ3n) is 4.89. The van der Waals surface area contributed by atoms with E-state index < -0.39 is 11.9 Å². The average molecular weight is 379 g/mol. The van der Waals surface area contributed by atoms with Crippen molar-refractivity contribution in [1.29, 1.82) is 0 Å². The normalized spacial score (nSPS) is 16.2. The number of fused-ring (bicyclic) bond motifs is 2. The number of benzene rings is 2. The molecule has 0 N–H and O–H groups in total. The van der Waals surface area contributed by atoms with Crippen molar-refractivity contribution in [1.82, 2.24) is 4.98 Å². The zero-order valence-corrected chi connectivity index (χ0v) is 15.4. The first-order valence-corrected chi connectivity index (χ1v) is 8.82. The van der Waals surface area contributed by atoms with Crippen LogP contribution in [0.5, 0.6) is 5.75 Å². The lowest BCUT2D eigenvalue weighted by molar-refractivity contribution is -0.125. The minimum Gasteiger partial charge on any atom is -0.483 e. The van der Waals surface area contributed by atoms with E-state index in [1.807, 2.05) is 18.2 Å². The molecule has 4 rings (SSSR count). The van der Waals surface area contributed by atoms with Gasteiger partial charge in [0.15, 0.2) is 6.61 Å². The molecule has 142 valence electrons. The molecule has 2 heterocycles. The summed E-state index contributed by atoms with van der Waals surface area (Å²) in [5.74, 6) is -0.586. The number of aromatic nitrogens is 1. The molecule has 0 fully saturated rings. The van der Waals surface area contributed by atoms with Crippen molar-refractivity contribution in [2.45, 2.75) is 13.0 Å². The predicted molar refractivity (Wildman–Crippen MR) is 104 cm³/mol. The van der Waals surface area contributed by atoms with E-state index in [0.29, 0.717) is 17.1 Å². The Hall–Kier alpha value is -3.48. The highest BCUT2D eigenvalue weighted by atomic mass is 19.1. The summed E-state index contributed by atoms with van der Waals surface area (Å²) in [6, 6.07) is 10.6. The zero-order valence-electron chi connectivity index (χ0n) is 15.4. The standard InChI is InChI=1S/C21H18FN3O3/c1-13-21(27)24(2)18-10-15(22)6-7-17(18)25(13)20(26)12-28-19-5-3-4-14-11-23-9-8-16(14)19/h3-11,13H,12H2,1-2H3. The van der Waals surface area contributed by atoms with Crippen molar-refractivity contribution in [3.63, 3.8) is 0 Å². The highest BCUT2D eigenvalue weighted by molar-refractivity contribution is 6.13. The van der Waals surface area contributed by atoms with Crippen LogP contribution in [0.4, 0.5) is 15.8 Å². The number of likely N-dealkylation sites (N-methyl/N-ethyl adjacent to an activating group) is 1. The van der Waals surface area contributed by atoms with Gasteiger partial charge in [-0.1, -0.05) is 12.1 Å². The van der Waals surface area contributed by atoms with E-state index >= 15 is 0 Å². The molecule has 3 aromatic rings. The lowest BCUT2D eigenvalue weighted by atomic mass is 10.1. The molecular weight excluding hydrogens is 361 g/mol. The van der Waals surface area contributed by atoms with Crippen LogP contribution in [-0.4, -0.2) is 36.5 Å². The van der Waals surface area contributed by atoms with Crippen LogP contribution in [0.25, 0.3) is 10.8 Å². The van der Waals surface area contributed by atoms with E-state index in [1.165, 1.54) is 28.0 Å². The zero-order chi connectivity index (χ0) is 19.8. The molecule has 6 nitrogen and oxygen atoms in total. The predicted octanol–water partition coefficient (Wildman–Crippen LogP) is 3.15. The minimum absolute atomic E-state index is 0.250. The van der Waals surface area contributed by atoms with Crippen LogP contribution in [0.3, 0.4) is 0 Å². The summed E-state index contributed by atoms with van der Waals surface area (Å²) in [4.78, 5) is 32.3. The van der Waals surface area contributed by atoms with E-state index in [-0.39, 0.29) is 18.4 Å². The SMILES string of the molecule is CC1C(=O)N(C)c2cc(F)ccc2N1C(=O)COc1cccc2cnccc12. The molecular formula is C21H18FN3O3. The van der Waals surface area contributed by atoms with Gasteiger partial charge in [0, 0.05) is 30.2 Å². The van der Waals surface area contributed by atoms with Crippen LogP contribution >= 0.6 is 0 Å². The molecule has 1 aliphatic rings. The molecule has 1 aliphatic heterocycles. The molecule has 1 atom stereocenters. The van der Waals surface area contributed by atoms with Gasteiger partial charge < -0.3 is 9.64 Å². The van der Waals surface area contributed by atoms with Gasteiger partial charge in [-0.15, -0.1) is 0 Å². The number of anilines is 2. The van der Waals surface area contributed by atoms with Crippen LogP contribution in [0, 0.1) is 5.82 Å². The summed E-state index contributed by atoms with van der Waals surface area (Å²) >= 11 is 0. The molecule has 2 amide bonds. The van der Waals surface area contributed by atoms with Gasteiger partial charge in [0.05, 0.1) is 11.4 Å². The van der Waals surface area contributed by atoms with Gasteiger partial charge in [-0.25, -0.2) is 4.39 Å². The van der Waals surface area contributed by atoms with E-state index in [9.17, 15) is 14.0 Å². The highest BCUT2D eigenvalue weighted by Crippen LogP contribution is 2.36. The second kappa shape index (κ2) is 6.92. The summed E-state index contributed by atoms with van der Waals surface area (Å²) in [5.41, 5.74) is 0.833. The maximum absolute atomic E-state index is 13.7. The Balaban J connectivity index is 1.62. The number of halogens is 1. The second-order valence-corrected chi connectivity index (χ2v) is 6.61. The third-order valence-corrected chi connectivity index (χ3v) is 4.89. The van der Waals surface area contributed by atoms with Crippen molar-refractivity contribution in [2.24, 2.45) is 0 Å².